The van der Waals surface area contributed by atoms with Crippen molar-refractivity contribution in [3.63, 3.8) is 0 Å². The van der Waals surface area contributed by atoms with Gasteiger partial charge in [0.25, 0.3) is 0 Å². The molecule has 0 spiro atoms. The average Bonchev–Trinajstić information content (AvgIpc) is 2.53. The molecule has 24 heavy (non-hydrogen) atoms. The van der Waals surface area contributed by atoms with Crippen molar-refractivity contribution in [1.82, 2.24) is 0 Å². The minimum atomic E-state index is -3.57. The van der Waals surface area contributed by atoms with Crippen LogP contribution >= 0.6 is 0 Å². The molecule has 1 atom stereocenters. The predicted molar refractivity (Wildman–Crippen MR) is 93.3 cm³/mol. The first-order valence-electron chi connectivity index (χ1n) is 9.10. The second-order valence-corrected chi connectivity index (χ2v) is 9.36. The number of carbonyl (C=O) groups is 1. The second kappa shape index (κ2) is 8.88. The highest BCUT2D eigenvalue weighted by molar-refractivity contribution is 7.92. The van der Waals surface area contributed by atoms with Crippen molar-refractivity contribution in [3.05, 3.63) is 12.3 Å². The van der Waals surface area contributed by atoms with Gasteiger partial charge in [0.2, 0.25) is 0 Å². The van der Waals surface area contributed by atoms with E-state index < -0.39 is 21.1 Å². The molecule has 0 radical (unpaired) electrons. The van der Waals surface area contributed by atoms with Crippen molar-refractivity contribution < 1.29 is 22.7 Å². The lowest BCUT2D eigenvalue weighted by molar-refractivity contribution is -0.150. The molecule has 0 aliphatic heterocycles. The van der Waals surface area contributed by atoms with Crippen LogP contribution in [-0.2, 0) is 24.1 Å². The molecule has 0 aromatic heterocycles. The summed E-state index contributed by atoms with van der Waals surface area (Å²) in [5.74, 6) is -0.282. The van der Waals surface area contributed by atoms with Crippen LogP contribution in [0.3, 0.4) is 0 Å². The zero-order chi connectivity index (χ0) is 17.6. The molecule has 0 aromatic carbocycles. The molecule has 138 valence electrons. The van der Waals surface area contributed by atoms with Crippen LogP contribution in [-0.4, -0.2) is 38.1 Å². The Labute approximate surface area is 145 Å². The summed E-state index contributed by atoms with van der Waals surface area (Å²) in [4.78, 5) is 12.4. The van der Waals surface area contributed by atoms with Crippen molar-refractivity contribution in [2.24, 2.45) is 0 Å². The number of allylic oxidation sites excluding steroid dienone is 1. The van der Waals surface area contributed by atoms with Crippen LogP contribution in [0.5, 0.6) is 0 Å². The largest absolute Gasteiger partial charge is 0.495 e. The molecule has 0 N–H and O–H groups in total. The van der Waals surface area contributed by atoms with Crippen LogP contribution in [0.4, 0.5) is 0 Å². The topological polar surface area (TPSA) is 69.7 Å². The Morgan fingerprint density at radius 2 is 1.42 bits per heavy atom. The standard InChI is InChI=1S/C18H30O5S/c1-14(22-15-9-5-3-6-10-15)13-17(24(2,20)21)18(19)23-16-11-7-4-8-12-16/h15-17H,1,3-13H2,2H3. The van der Waals surface area contributed by atoms with E-state index in [9.17, 15) is 13.2 Å². The number of ether oxygens (including phenoxy) is 2. The van der Waals surface area contributed by atoms with E-state index in [1.165, 1.54) is 6.42 Å². The Balaban J connectivity index is 1.91. The second-order valence-electron chi connectivity index (χ2n) is 7.14. The molecule has 6 heteroatoms. The fourth-order valence-electron chi connectivity index (χ4n) is 3.51. The van der Waals surface area contributed by atoms with Crippen LogP contribution in [0.2, 0.25) is 0 Å². The molecule has 0 saturated heterocycles. The Morgan fingerprint density at radius 3 is 1.88 bits per heavy atom. The van der Waals surface area contributed by atoms with E-state index in [0.29, 0.717) is 5.76 Å². The first kappa shape index (κ1) is 19.3. The number of rotatable bonds is 7. The van der Waals surface area contributed by atoms with Gasteiger partial charge in [-0.3, -0.25) is 4.79 Å². The first-order valence-corrected chi connectivity index (χ1v) is 11.1. The van der Waals surface area contributed by atoms with Gasteiger partial charge in [-0.1, -0.05) is 19.4 Å². The molecular weight excluding hydrogens is 328 g/mol. The number of esters is 1. The lowest BCUT2D eigenvalue weighted by Gasteiger charge is -2.26. The normalized spacial score (nSPS) is 21.9. The Bertz CT molecular complexity index is 528. The van der Waals surface area contributed by atoms with Gasteiger partial charge in [-0.2, -0.15) is 0 Å². The summed E-state index contributed by atoms with van der Waals surface area (Å²) in [5, 5.41) is -1.21. The van der Waals surface area contributed by atoms with E-state index in [0.717, 1.165) is 64.0 Å². The molecule has 5 nitrogen and oxygen atoms in total. The maximum absolute atomic E-state index is 12.4. The fourth-order valence-corrected chi connectivity index (χ4v) is 4.40. The summed E-state index contributed by atoms with van der Waals surface area (Å²) in [6.07, 6.45) is 11.2. The molecule has 2 fully saturated rings. The van der Waals surface area contributed by atoms with Gasteiger partial charge in [-0.15, -0.1) is 0 Å². The zero-order valence-electron chi connectivity index (χ0n) is 14.7. The summed E-state index contributed by atoms with van der Waals surface area (Å²) in [7, 11) is -3.57. The Hall–Kier alpha value is -1.04. The van der Waals surface area contributed by atoms with Crippen LogP contribution in [0.15, 0.2) is 12.3 Å². The number of hydrogen-bond acceptors (Lipinski definition) is 5. The Morgan fingerprint density at radius 1 is 0.958 bits per heavy atom. The lowest BCUT2D eigenvalue weighted by Crippen LogP contribution is -2.35. The predicted octanol–water partition coefficient (Wildman–Crippen LogP) is 3.53. The third kappa shape index (κ3) is 6.11. The van der Waals surface area contributed by atoms with Crippen molar-refractivity contribution in [3.8, 4) is 0 Å². The molecule has 0 bridgehead atoms. The van der Waals surface area contributed by atoms with Gasteiger partial charge < -0.3 is 9.47 Å². The Kier molecular flexibility index (Phi) is 7.14. The summed E-state index contributed by atoms with van der Waals surface area (Å²) >= 11 is 0. The smallest absolute Gasteiger partial charge is 0.325 e. The highest BCUT2D eigenvalue weighted by Crippen LogP contribution is 2.26. The van der Waals surface area contributed by atoms with Crippen molar-refractivity contribution in [2.45, 2.75) is 88.1 Å². The summed E-state index contributed by atoms with van der Waals surface area (Å²) < 4.78 is 35.3. The first-order chi connectivity index (χ1) is 11.4. The summed E-state index contributed by atoms with van der Waals surface area (Å²) in [5.41, 5.74) is 0. The quantitative estimate of drug-likeness (QED) is 0.514. The van der Waals surface area contributed by atoms with Crippen molar-refractivity contribution >= 4 is 15.8 Å². The van der Waals surface area contributed by atoms with Crippen molar-refractivity contribution in [1.29, 1.82) is 0 Å². The van der Waals surface area contributed by atoms with Gasteiger partial charge in [0, 0.05) is 12.7 Å². The highest BCUT2D eigenvalue weighted by atomic mass is 32.2. The van der Waals surface area contributed by atoms with Gasteiger partial charge in [0.15, 0.2) is 15.1 Å². The van der Waals surface area contributed by atoms with E-state index in [2.05, 4.69) is 6.58 Å². The van der Waals surface area contributed by atoms with Crippen molar-refractivity contribution in [2.75, 3.05) is 6.26 Å². The molecule has 2 saturated carbocycles. The molecule has 2 aliphatic carbocycles. The van der Waals surface area contributed by atoms with E-state index in [4.69, 9.17) is 9.47 Å². The molecule has 0 amide bonds. The lowest BCUT2D eigenvalue weighted by atomic mass is 9.97. The minimum absolute atomic E-state index is 0.0130. The monoisotopic (exact) mass is 358 g/mol. The van der Waals surface area contributed by atoms with Gasteiger partial charge >= 0.3 is 5.97 Å². The van der Waals surface area contributed by atoms with Crippen LogP contribution in [0, 0.1) is 0 Å². The third-order valence-electron chi connectivity index (χ3n) is 4.91. The van der Waals surface area contributed by atoms with Crippen LogP contribution < -0.4 is 0 Å². The van der Waals surface area contributed by atoms with E-state index >= 15 is 0 Å². The molecule has 2 rings (SSSR count). The van der Waals surface area contributed by atoms with Crippen LogP contribution in [0.25, 0.3) is 0 Å². The number of hydrogen-bond donors (Lipinski definition) is 0. The molecule has 0 heterocycles. The summed E-state index contributed by atoms with van der Waals surface area (Å²) in [6, 6.07) is 0. The van der Waals surface area contributed by atoms with E-state index in [-0.39, 0.29) is 18.6 Å². The van der Waals surface area contributed by atoms with Gasteiger partial charge in [0.05, 0.1) is 11.9 Å². The minimum Gasteiger partial charge on any atom is -0.495 e. The average molecular weight is 359 g/mol. The third-order valence-corrected chi connectivity index (χ3v) is 6.31. The maximum atomic E-state index is 12.4. The van der Waals surface area contributed by atoms with Gasteiger partial charge in [0.1, 0.15) is 6.10 Å². The summed E-state index contributed by atoms with van der Waals surface area (Å²) in [6.45, 7) is 3.84. The zero-order valence-corrected chi connectivity index (χ0v) is 15.5. The fraction of sp³-hybridized carbons (Fsp3) is 0.833. The number of carbonyl (C=O) groups excluding carboxylic acids is 1. The van der Waals surface area contributed by atoms with E-state index in [1.54, 1.807) is 0 Å². The molecule has 1 unspecified atom stereocenters. The maximum Gasteiger partial charge on any atom is 0.325 e. The number of sulfone groups is 1. The van der Waals surface area contributed by atoms with Crippen LogP contribution in [0.1, 0.15) is 70.6 Å². The van der Waals surface area contributed by atoms with E-state index in [1.807, 2.05) is 0 Å². The molecule has 0 aromatic rings. The van der Waals surface area contributed by atoms with Gasteiger partial charge in [-0.05, 0) is 51.4 Å². The van der Waals surface area contributed by atoms with Gasteiger partial charge in [-0.25, -0.2) is 8.42 Å². The SMILES string of the molecule is C=C(CC(C(=O)OC1CCCCC1)S(C)(=O)=O)OC1CCCCC1. The molecule has 2 aliphatic rings. The molecular formula is C18H30O5S. The highest BCUT2D eigenvalue weighted by Gasteiger charge is 2.34.